The molecule has 2 aliphatic rings. The van der Waals surface area contributed by atoms with Gasteiger partial charge in [-0.05, 0) is 79.1 Å². The molecule has 9 nitrogen and oxygen atoms in total. The number of alkyl halides is 3. The van der Waals surface area contributed by atoms with E-state index < -0.39 is 17.5 Å². The minimum atomic E-state index is -4.58. The largest absolute Gasteiger partial charge is 0.433 e. The summed E-state index contributed by atoms with van der Waals surface area (Å²) >= 11 is 1.35. The van der Waals surface area contributed by atoms with E-state index in [1.807, 2.05) is 31.2 Å². The predicted octanol–water partition coefficient (Wildman–Crippen LogP) is 5.61. The fraction of sp³-hybridized carbons (Fsp3) is 0.323. The Morgan fingerprint density at radius 3 is 2.70 bits per heavy atom. The molecule has 0 radical (unpaired) electrons. The van der Waals surface area contributed by atoms with Crippen molar-refractivity contribution in [1.82, 2.24) is 25.6 Å². The van der Waals surface area contributed by atoms with Crippen LogP contribution in [0.3, 0.4) is 0 Å². The number of thiazole rings is 1. The van der Waals surface area contributed by atoms with E-state index in [4.69, 9.17) is 0 Å². The third-order valence-electron chi connectivity index (χ3n) is 7.98. The Morgan fingerprint density at radius 1 is 1.14 bits per heavy atom. The zero-order valence-corrected chi connectivity index (χ0v) is 24.5. The van der Waals surface area contributed by atoms with Crippen LogP contribution in [0, 0.1) is 12.8 Å². The van der Waals surface area contributed by atoms with E-state index >= 15 is 0 Å². The van der Waals surface area contributed by atoms with Crippen LogP contribution >= 0.6 is 11.3 Å². The topological polar surface area (TPSA) is 129 Å². The third kappa shape index (κ3) is 6.29. The lowest BCUT2D eigenvalue weighted by Crippen LogP contribution is -2.38. The van der Waals surface area contributed by atoms with E-state index in [2.05, 4.69) is 30.9 Å². The van der Waals surface area contributed by atoms with Crippen molar-refractivity contribution in [3.63, 3.8) is 0 Å². The summed E-state index contributed by atoms with van der Waals surface area (Å²) in [5, 5.41) is 20.6. The number of nitrogens with zero attached hydrogens (tertiary/aromatic N) is 3. The second kappa shape index (κ2) is 11.6. The quantitative estimate of drug-likeness (QED) is 0.211. The van der Waals surface area contributed by atoms with Gasteiger partial charge in [-0.1, -0.05) is 18.2 Å². The van der Waals surface area contributed by atoms with Gasteiger partial charge in [-0.2, -0.15) is 13.2 Å². The van der Waals surface area contributed by atoms with E-state index in [1.165, 1.54) is 11.3 Å². The first-order valence-corrected chi connectivity index (χ1v) is 14.9. The molecular weight excluding hydrogens is 593 g/mol. The predicted molar refractivity (Wildman–Crippen MR) is 158 cm³/mol. The number of benzene rings is 2. The molecule has 13 heteroatoms. The number of nitrogens with one attached hydrogen (secondary N) is 3. The molecule has 2 aromatic carbocycles. The number of anilines is 2. The number of aromatic nitrogens is 3. The molecule has 2 amide bonds. The molecule has 0 saturated heterocycles. The SMILES string of the molecule is Cc1cc(Nc2nccc(C(F)(F)F)n2)cc(-c2cnc([C@]3(O)CC[C@H](C(=O)NCc4ccc5c(c4)C(=O)NC5)CC3)s2)c1. The first-order valence-electron chi connectivity index (χ1n) is 14.1. The lowest BCUT2D eigenvalue weighted by molar-refractivity contribution is -0.141. The van der Waals surface area contributed by atoms with Crippen LogP contribution in [0.25, 0.3) is 10.4 Å². The molecule has 1 fully saturated rings. The van der Waals surface area contributed by atoms with Gasteiger partial charge >= 0.3 is 6.18 Å². The maximum absolute atomic E-state index is 13.1. The Kier molecular flexibility index (Phi) is 7.84. The standard InChI is InChI=1S/C31H29F3N6O3S/c1-17-10-21(13-22(11-17)39-29-35-9-6-25(40-29)31(32,33)34)24-16-38-28(44-24)30(43)7-4-19(5-8-30)26(41)36-14-18-2-3-20-15-37-27(42)23(20)12-18/h2-3,6,9-13,16,19,43H,4-5,7-8,14-15H2,1H3,(H,36,41)(H,37,42)(H,35,39,40)/t19-,30-. The van der Waals surface area contributed by atoms with E-state index in [0.29, 0.717) is 55.0 Å². The second-order valence-corrected chi connectivity index (χ2v) is 12.2. The summed E-state index contributed by atoms with van der Waals surface area (Å²) in [5.41, 5.74) is 2.41. The normalized spacial score (nSPS) is 19.8. The highest BCUT2D eigenvalue weighted by Gasteiger charge is 2.39. The molecule has 0 atom stereocenters. The average molecular weight is 623 g/mol. The van der Waals surface area contributed by atoms with Crippen LogP contribution in [0.4, 0.5) is 24.8 Å². The van der Waals surface area contributed by atoms with Crippen molar-refractivity contribution in [3.8, 4) is 10.4 Å². The molecule has 0 spiro atoms. The van der Waals surface area contributed by atoms with Crippen molar-refractivity contribution in [2.24, 2.45) is 5.92 Å². The molecular formula is C31H29F3N6O3S. The minimum absolute atomic E-state index is 0.0821. The molecule has 228 valence electrons. The van der Waals surface area contributed by atoms with E-state index in [-0.39, 0.29) is 23.7 Å². The summed E-state index contributed by atoms with van der Waals surface area (Å²) in [6.45, 7) is 2.71. The van der Waals surface area contributed by atoms with Crippen LogP contribution in [0.2, 0.25) is 0 Å². The fourth-order valence-electron chi connectivity index (χ4n) is 5.60. The van der Waals surface area contributed by atoms with Gasteiger partial charge in [0.15, 0.2) is 0 Å². The smallest absolute Gasteiger partial charge is 0.383 e. The molecule has 4 aromatic rings. The number of hydrogen-bond acceptors (Lipinski definition) is 8. The van der Waals surface area contributed by atoms with Crippen LogP contribution in [0.5, 0.6) is 0 Å². The number of amides is 2. The fourth-order valence-corrected chi connectivity index (χ4v) is 6.65. The maximum atomic E-state index is 13.1. The molecule has 1 aliphatic heterocycles. The van der Waals surface area contributed by atoms with Crippen molar-refractivity contribution < 1.29 is 27.9 Å². The summed E-state index contributed by atoms with van der Waals surface area (Å²) in [4.78, 5) is 37.6. The van der Waals surface area contributed by atoms with Gasteiger partial charge < -0.3 is 21.1 Å². The summed E-state index contributed by atoms with van der Waals surface area (Å²) in [6.07, 6.45) is -0.0955. The van der Waals surface area contributed by atoms with Crippen LogP contribution < -0.4 is 16.0 Å². The number of aliphatic hydroxyl groups is 1. The Hall–Kier alpha value is -4.36. The zero-order valence-electron chi connectivity index (χ0n) is 23.7. The Labute approximate surface area is 255 Å². The van der Waals surface area contributed by atoms with E-state index in [0.717, 1.165) is 39.4 Å². The Balaban J connectivity index is 1.08. The van der Waals surface area contributed by atoms with Crippen molar-refractivity contribution in [3.05, 3.63) is 87.8 Å². The first-order chi connectivity index (χ1) is 21.0. The van der Waals surface area contributed by atoms with Gasteiger partial charge in [0, 0.05) is 42.7 Å². The molecule has 0 unspecified atom stereocenters. The second-order valence-electron chi connectivity index (χ2n) is 11.2. The van der Waals surface area contributed by atoms with Gasteiger partial charge in [-0.25, -0.2) is 15.0 Å². The van der Waals surface area contributed by atoms with Gasteiger partial charge in [0.2, 0.25) is 11.9 Å². The van der Waals surface area contributed by atoms with Gasteiger partial charge in [0.1, 0.15) is 16.3 Å². The highest BCUT2D eigenvalue weighted by molar-refractivity contribution is 7.15. The molecule has 0 bridgehead atoms. The molecule has 3 heterocycles. The Bertz CT molecular complexity index is 1730. The number of aryl methyl sites for hydroxylation is 1. The summed E-state index contributed by atoms with van der Waals surface area (Å²) in [5.74, 6) is -0.595. The van der Waals surface area contributed by atoms with Crippen molar-refractivity contribution in [2.75, 3.05) is 5.32 Å². The van der Waals surface area contributed by atoms with Gasteiger partial charge in [-0.3, -0.25) is 9.59 Å². The van der Waals surface area contributed by atoms with Gasteiger partial charge in [0.05, 0.1) is 4.88 Å². The number of fused-ring (bicyclic) bond motifs is 1. The maximum Gasteiger partial charge on any atom is 0.433 e. The monoisotopic (exact) mass is 622 g/mol. The van der Waals surface area contributed by atoms with Crippen LogP contribution in [-0.4, -0.2) is 31.9 Å². The minimum Gasteiger partial charge on any atom is -0.383 e. The lowest BCUT2D eigenvalue weighted by Gasteiger charge is -2.33. The number of rotatable bonds is 7. The van der Waals surface area contributed by atoms with Crippen molar-refractivity contribution in [2.45, 2.75) is 57.5 Å². The number of carbonyl (C=O) groups excluding carboxylic acids is 2. The molecule has 4 N–H and O–H groups in total. The number of halogens is 3. The van der Waals surface area contributed by atoms with Crippen LogP contribution in [0.1, 0.15) is 63.4 Å². The molecule has 44 heavy (non-hydrogen) atoms. The van der Waals surface area contributed by atoms with Crippen LogP contribution in [0.15, 0.2) is 54.9 Å². The van der Waals surface area contributed by atoms with Crippen molar-refractivity contribution in [1.29, 1.82) is 0 Å². The average Bonchev–Trinajstić information content (AvgIpc) is 3.64. The van der Waals surface area contributed by atoms with Crippen LogP contribution in [-0.2, 0) is 29.7 Å². The Morgan fingerprint density at radius 2 is 1.93 bits per heavy atom. The lowest BCUT2D eigenvalue weighted by atomic mass is 9.78. The van der Waals surface area contributed by atoms with Crippen molar-refractivity contribution >= 4 is 34.8 Å². The molecule has 2 aromatic heterocycles. The zero-order chi connectivity index (χ0) is 31.1. The summed E-state index contributed by atoms with van der Waals surface area (Å²) in [6, 6.07) is 11.9. The van der Waals surface area contributed by atoms with E-state index in [9.17, 15) is 27.9 Å². The van der Waals surface area contributed by atoms with Gasteiger partial charge in [-0.15, -0.1) is 11.3 Å². The highest BCUT2D eigenvalue weighted by atomic mass is 32.1. The first kappa shape index (κ1) is 29.7. The molecule has 1 saturated carbocycles. The molecule has 1 aliphatic carbocycles. The van der Waals surface area contributed by atoms with E-state index in [1.54, 1.807) is 18.3 Å². The summed E-state index contributed by atoms with van der Waals surface area (Å²) in [7, 11) is 0. The molecule has 6 rings (SSSR count). The number of hydrogen-bond donors (Lipinski definition) is 4. The highest BCUT2D eigenvalue weighted by Crippen LogP contribution is 2.43. The summed E-state index contributed by atoms with van der Waals surface area (Å²) < 4.78 is 39.2. The third-order valence-corrected chi connectivity index (χ3v) is 9.22. The van der Waals surface area contributed by atoms with Gasteiger partial charge in [0.25, 0.3) is 5.91 Å². The number of carbonyl (C=O) groups is 2.